The van der Waals surface area contributed by atoms with E-state index in [1.54, 1.807) is 23.2 Å². The van der Waals surface area contributed by atoms with Gasteiger partial charge in [-0.25, -0.2) is 4.79 Å². The second-order valence-corrected chi connectivity index (χ2v) is 6.96. The van der Waals surface area contributed by atoms with Crippen LogP contribution in [0, 0.1) is 5.92 Å². The first-order valence-electron chi connectivity index (χ1n) is 8.07. The minimum absolute atomic E-state index is 0.0590. The molecular formula is C17H26N2O4. The number of likely N-dealkylation sites (tertiary alicyclic amines) is 1. The lowest BCUT2D eigenvalue weighted by Crippen LogP contribution is -2.43. The van der Waals surface area contributed by atoms with Crippen molar-refractivity contribution in [2.24, 2.45) is 5.92 Å². The Hall–Kier alpha value is -1.82. The fraction of sp³-hybridized carbons (Fsp3) is 0.647. The number of piperidine rings is 1. The first-order valence-corrected chi connectivity index (χ1v) is 8.07. The van der Waals surface area contributed by atoms with Gasteiger partial charge in [0.15, 0.2) is 0 Å². The van der Waals surface area contributed by atoms with E-state index in [0.717, 1.165) is 12.8 Å². The largest absolute Gasteiger partial charge is 0.444 e. The Balaban J connectivity index is 1.73. The number of H-pyrrole nitrogens is 1. The summed E-state index contributed by atoms with van der Waals surface area (Å²) in [6.45, 7) is 7.46. The number of hydrogen-bond acceptors (Lipinski definition) is 4. The Bertz CT molecular complexity index is 519. The second kappa shape index (κ2) is 7.64. The Labute approximate surface area is 137 Å². The molecule has 6 nitrogen and oxygen atoms in total. The number of carbonyl (C=O) groups excluding carboxylic acids is 2. The first-order chi connectivity index (χ1) is 10.8. The third-order valence-corrected chi connectivity index (χ3v) is 3.66. The molecule has 1 aromatic heterocycles. The van der Waals surface area contributed by atoms with E-state index in [2.05, 4.69) is 4.98 Å². The van der Waals surface area contributed by atoms with Gasteiger partial charge in [0, 0.05) is 25.2 Å². The molecule has 1 amide bonds. The highest BCUT2D eigenvalue weighted by molar-refractivity contribution is 5.95. The zero-order chi connectivity index (χ0) is 16.9. The standard InChI is InChI=1S/C17H26N2O4/c1-17(2,3)23-16(21)19-9-5-6-13(10-19)11-22-12-15(20)14-7-4-8-18-14/h4,7-8,13,18H,5-6,9-12H2,1-3H3. The fourth-order valence-corrected chi connectivity index (χ4v) is 2.59. The maximum Gasteiger partial charge on any atom is 0.410 e. The summed E-state index contributed by atoms with van der Waals surface area (Å²) in [7, 11) is 0. The summed E-state index contributed by atoms with van der Waals surface area (Å²) >= 11 is 0. The number of hydrogen-bond donors (Lipinski definition) is 1. The molecule has 1 aliphatic heterocycles. The van der Waals surface area contributed by atoms with E-state index >= 15 is 0 Å². The normalized spacial score (nSPS) is 18.7. The summed E-state index contributed by atoms with van der Waals surface area (Å²) in [5.41, 5.74) is 0.0761. The number of Topliss-reactive ketones (excluding diaryl/α,β-unsaturated/α-hetero) is 1. The van der Waals surface area contributed by atoms with E-state index in [4.69, 9.17) is 9.47 Å². The van der Waals surface area contributed by atoms with Crippen LogP contribution in [0.1, 0.15) is 44.1 Å². The molecule has 1 unspecified atom stereocenters. The Morgan fingerprint density at radius 3 is 2.83 bits per heavy atom. The van der Waals surface area contributed by atoms with Gasteiger partial charge in [-0.1, -0.05) is 0 Å². The average Bonchev–Trinajstić information content (AvgIpc) is 3.00. The number of amides is 1. The highest BCUT2D eigenvalue weighted by Crippen LogP contribution is 2.19. The Morgan fingerprint density at radius 2 is 2.17 bits per heavy atom. The van der Waals surface area contributed by atoms with Crippen molar-refractivity contribution < 1.29 is 19.1 Å². The molecule has 128 valence electrons. The van der Waals surface area contributed by atoms with Gasteiger partial charge >= 0.3 is 6.09 Å². The summed E-state index contributed by atoms with van der Waals surface area (Å²) in [6, 6.07) is 3.52. The third kappa shape index (κ3) is 5.71. The van der Waals surface area contributed by atoms with Crippen LogP contribution < -0.4 is 0 Å². The number of ketones is 1. The minimum atomic E-state index is -0.483. The van der Waals surface area contributed by atoms with Crippen molar-refractivity contribution in [1.82, 2.24) is 9.88 Å². The molecule has 0 aliphatic carbocycles. The van der Waals surface area contributed by atoms with Crippen molar-refractivity contribution in [1.29, 1.82) is 0 Å². The van der Waals surface area contributed by atoms with Crippen molar-refractivity contribution in [2.45, 2.75) is 39.2 Å². The molecule has 0 saturated carbocycles. The van der Waals surface area contributed by atoms with Gasteiger partial charge in [-0.3, -0.25) is 4.79 Å². The van der Waals surface area contributed by atoms with Gasteiger partial charge in [-0.05, 0) is 45.7 Å². The van der Waals surface area contributed by atoms with Gasteiger partial charge in [-0.15, -0.1) is 0 Å². The van der Waals surface area contributed by atoms with E-state index < -0.39 is 5.60 Å². The van der Waals surface area contributed by atoms with Crippen LogP contribution in [0.5, 0.6) is 0 Å². The van der Waals surface area contributed by atoms with E-state index in [0.29, 0.717) is 25.4 Å². The van der Waals surface area contributed by atoms with Crippen molar-refractivity contribution >= 4 is 11.9 Å². The zero-order valence-corrected chi connectivity index (χ0v) is 14.1. The highest BCUT2D eigenvalue weighted by atomic mass is 16.6. The highest BCUT2D eigenvalue weighted by Gasteiger charge is 2.27. The van der Waals surface area contributed by atoms with E-state index in [-0.39, 0.29) is 24.4 Å². The number of rotatable bonds is 5. The quantitative estimate of drug-likeness (QED) is 0.846. The summed E-state index contributed by atoms with van der Waals surface area (Å²) in [5.74, 6) is 0.183. The van der Waals surface area contributed by atoms with Gasteiger partial charge < -0.3 is 19.4 Å². The molecule has 0 spiro atoms. The number of ether oxygens (including phenoxy) is 2. The molecule has 23 heavy (non-hydrogen) atoms. The fourth-order valence-electron chi connectivity index (χ4n) is 2.59. The summed E-state index contributed by atoms with van der Waals surface area (Å²) in [5, 5.41) is 0. The number of aromatic amines is 1. The number of nitrogens with one attached hydrogen (secondary N) is 1. The second-order valence-electron chi connectivity index (χ2n) is 6.96. The van der Waals surface area contributed by atoms with Crippen LogP contribution in [0.3, 0.4) is 0 Å². The van der Waals surface area contributed by atoms with Gasteiger partial charge in [0.05, 0.1) is 12.3 Å². The monoisotopic (exact) mass is 322 g/mol. The van der Waals surface area contributed by atoms with Gasteiger partial charge in [0.25, 0.3) is 0 Å². The summed E-state index contributed by atoms with van der Waals surface area (Å²) in [6.07, 6.45) is 3.37. The van der Waals surface area contributed by atoms with Crippen LogP contribution >= 0.6 is 0 Å². The average molecular weight is 322 g/mol. The molecule has 6 heteroatoms. The molecule has 1 N–H and O–H groups in total. The lowest BCUT2D eigenvalue weighted by molar-refractivity contribution is 0.00784. The number of aromatic nitrogens is 1. The van der Waals surface area contributed by atoms with Crippen molar-refractivity contribution in [3.05, 3.63) is 24.0 Å². The third-order valence-electron chi connectivity index (χ3n) is 3.66. The maximum atomic E-state index is 12.1. The lowest BCUT2D eigenvalue weighted by atomic mass is 9.99. The molecule has 1 aromatic rings. The molecule has 2 heterocycles. The molecule has 2 rings (SSSR count). The van der Waals surface area contributed by atoms with Crippen LogP contribution in [0.15, 0.2) is 18.3 Å². The Kier molecular flexibility index (Phi) is 5.82. The topological polar surface area (TPSA) is 71.6 Å². The van der Waals surface area contributed by atoms with E-state index in [1.807, 2.05) is 20.8 Å². The summed E-state index contributed by atoms with van der Waals surface area (Å²) < 4.78 is 10.9. The van der Waals surface area contributed by atoms with Gasteiger partial charge in [0.1, 0.15) is 12.2 Å². The molecule has 1 saturated heterocycles. The van der Waals surface area contributed by atoms with Gasteiger partial charge in [-0.2, -0.15) is 0 Å². The molecule has 1 atom stereocenters. The van der Waals surface area contributed by atoms with Crippen molar-refractivity contribution in [3.63, 3.8) is 0 Å². The number of carbonyl (C=O) groups is 2. The van der Waals surface area contributed by atoms with Crippen LogP contribution in [0.2, 0.25) is 0 Å². The smallest absolute Gasteiger partial charge is 0.410 e. The van der Waals surface area contributed by atoms with Gasteiger partial charge in [0.2, 0.25) is 5.78 Å². The number of nitrogens with zero attached hydrogens (tertiary/aromatic N) is 1. The molecule has 0 radical (unpaired) electrons. The van der Waals surface area contributed by atoms with E-state index in [9.17, 15) is 9.59 Å². The predicted octanol–water partition coefficient (Wildman–Crippen LogP) is 2.86. The van der Waals surface area contributed by atoms with Crippen LogP contribution in [0.25, 0.3) is 0 Å². The maximum absolute atomic E-state index is 12.1. The SMILES string of the molecule is CC(C)(C)OC(=O)N1CCCC(COCC(=O)c2ccc[nH]2)C1. The van der Waals surface area contributed by atoms with Crippen LogP contribution in [0.4, 0.5) is 4.79 Å². The predicted molar refractivity (Wildman–Crippen MR) is 86.5 cm³/mol. The van der Waals surface area contributed by atoms with Crippen molar-refractivity contribution in [2.75, 3.05) is 26.3 Å². The minimum Gasteiger partial charge on any atom is -0.444 e. The van der Waals surface area contributed by atoms with E-state index in [1.165, 1.54) is 0 Å². The molecule has 1 fully saturated rings. The molecule has 0 bridgehead atoms. The molecule has 1 aliphatic rings. The van der Waals surface area contributed by atoms with Crippen LogP contribution in [-0.2, 0) is 9.47 Å². The first kappa shape index (κ1) is 17.5. The van der Waals surface area contributed by atoms with Crippen LogP contribution in [-0.4, -0.2) is 53.7 Å². The lowest BCUT2D eigenvalue weighted by Gasteiger charge is -2.34. The molecule has 0 aromatic carbocycles. The zero-order valence-electron chi connectivity index (χ0n) is 14.1. The van der Waals surface area contributed by atoms with Crippen molar-refractivity contribution in [3.8, 4) is 0 Å². The Morgan fingerprint density at radius 1 is 1.39 bits per heavy atom. The molecular weight excluding hydrogens is 296 g/mol. The summed E-state index contributed by atoms with van der Waals surface area (Å²) in [4.78, 5) is 28.5.